The maximum absolute atomic E-state index is 11.6. The molecule has 0 aliphatic heterocycles. The van der Waals surface area contributed by atoms with Gasteiger partial charge in [0.25, 0.3) is 0 Å². The Hall–Kier alpha value is -1.40. The van der Waals surface area contributed by atoms with Crippen LogP contribution in [0, 0.1) is 0 Å². The fourth-order valence-electron chi connectivity index (χ4n) is 2.55. The van der Waals surface area contributed by atoms with E-state index in [0.29, 0.717) is 10.6 Å². The third-order valence-electron chi connectivity index (χ3n) is 3.51. The normalized spacial score (nSPS) is 13.8. The molecule has 0 radical (unpaired) electrons. The number of hydrogen-bond donors (Lipinski definition) is 2. The Morgan fingerprint density at radius 1 is 1.13 bits per heavy atom. The lowest BCUT2D eigenvalue weighted by Crippen LogP contribution is -2.30. The van der Waals surface area contributed by atoms with Crippen LogP contribution in [0.1, 0.15) is 31.0 Å². The smallest absolute Gasteiger partial charge is 0.0610 e. The Kier molecular flexibility index (Phi) is 6.18. The Labute approximate surface area is 144 Å². The number of rotatable bonds is 6. The molecule has 2 aromatic carbocycles. The van der Waals surface area contributed by atoms with Crippen molar-refractivity contribution >= 4 is 28.4 Å². The van der Waals surface area contributed by atoms with Gasteiger partial charge in [-0.3, -0.25) is 4.21 Å². The molecule has 23 heavy (non-hydrogen) atoms. The minimum absolute atomic E-state index is 0.175. The predicted octanol–water partition coefficient (Wildman–Crippen LogP) is 3.71. The monoisotopic (exact) mass is 351 g/mol. The largest absolute Gasteiger partial charge is 0.768 e. The van der Waals surface area contributed by atoms with Crippen molar-refractivity contribution in [1.29, 1.82) is 0 Å². The van der Waals surface area contributed by atoms with Crippen LogP contribution >= 0.6 is 11.6 Å². The molecule has 4 nitrogen and oxygen atoms in total. The van der Waals surface area contributed by atoms with Gasteiger partial charge in [0.2, 0.25) is 0 Å². The molecule has 0 saturated carbocycles. The van der Waals surface area contributed by atoms with Crippen molar-refractivity contribution in [2.45, 2.75) is 30.8 Å². The van der Waals surface area contributed by atoms with Crippen LogP contribution in [0.2, 0.25) is 5.02 Å². The topological polar surface area (TPSA) is 64.2 Å². The lowest BCUT2D eigenvalue weighted by atomic mass is 9.96. The fraction of sp³-hybridized carbons (Fsp3) is 0.294. The highest BCUT2D eigenvalue weighted by Gasteiger charge is 2.21. The average molecular weight is 352 g/mol. The van der Waals surface area contributed by atoms with E-state index >= 15 is 0 Å². The van der Waals surface area contributed by atoms with Gasteiger partial charge in [-0.1, -0.05) is 35.9 Å². The predicted molar refractivity (Wildman–Crippen MR) is 94.7 cm³/mol. The van der Waals surface area contributed by atoms with Crippen molar-refractivity contribution in [2.75, 3.05) is 12.4 Å². The molecular formula is C17H20ClN2O2S-. The van der Waals surface area contributed by atoms with Crippen LogP contribution in [0.3, 0.4) is 0 Å². The van der Waals surface area contributed by atoms with E-state index in [-0.39, 0.29) is 17.0 Å². The second-order valence-corrected chi connectivity index (χ2v) is 6.85. The van der Waals surface area contributed by atoms with Crippen molar-refractivity contribution in [2.24, 2.45) is 0 Å². The molecule has 0 bridgehead atoms. The van der Waals surface area contributed by atoms with Crippen LogP contribution in [0.5, 0.6) is 0 Å². The quantitative estimate of drug-likeness (QED) is 0.779. The van der Waals surface area contributed by atoms with Gasteiger partial charge < -0.3 is 15.2 Å². The van der Waals surface area contributed by atoms with Gasteiger partial charge in [-0.05, 0) is 54.3 Å². The highest BCUT2D eigenvalue weighted by atomic mass is 35.5. The van der Waals surface area contributed by atoms with Crippen molar-refractivity contribution in [3.8, 4) is 0 Å². The zero-order chi connectivity index (χ0) is 17.0. The van der Waals surface area contributed by atoms with E-state index in [1.807, 2.05) is 45.2 Å². The van der Waals surface area contributed by atoms with Gasteiger partial charge in [-0.15, -0.1) is 0 Å². The summed E-state index contributed by atoms with van der Waals surface area (Å²) in [6.07, 6.45) is 0. The molecule has 6 heteroatoms. The molecule has 2 unspecified atom stereocenters. The van der Waals surface area contributed by atoms with E-state index in [9.17, 15) is 8.76 Å². The number of anilines is 1. The third-order valence-corrected chi connectivity index (χ3v) is 4.46. The minimum atomic E-state index is -2.36. The summed E-state index contributed by atoms with van der Waals surface area (Å²) in [5.41, 5.74) is 2.61. The molecule has 0 aliphatic carbocycles. The molecule has 0 heterocycles. The highest BCUT2D eigenvalue weighted by Crippen LogP contribution is 2.33. The molecule has 2 atom stereocenters. The minimum Gasteiger partial charge on any atom is -0.768 e. The molecule has 0 spiro atoms. The maximum Gasteiger partial charge on any atom is 0.0610 e. The molecule has 2 rings (SSSR count). The van der Waals surface area contributed by atoms with Crippen molar-refractivity contribution in [3.63, 3.8) is 0 Å². The van der Waals surface area contributed by atoms with Gasteiger partial charge >= 0.3 is 0 Å². The molecule has 124 valence electrons. The standard InChI is InChI=1S/C17H21ClN2O2S/c1-11(2)20-17(13-6-4-5-7-15(13)19-3)14-9-8-12(18)10-16(14)23(21)22/h4-11,17,19-20H,1-3H3,(H,21,22)/p-1. The number of nitrogens with one attached hydrogen (secondary N) is 2. The molecule has 2 aromatic rings. The Morgan fingerprint density at radius 2 is 1.83 bits per heavy atom. The van der Waals surface area contributed by atoms with E-state index in [2.05, 4.69) is 10.6 Å². The summed E-state index contributed by atoms with van der Waals surface area (Å²) in [6, 6.07) is 12.7. The van der Waals surface area contributed by atoms with Gasteiger partial charge in [-0.25, -0.2) is 0 Å². The second kappa shape index (κ2) is 7.93. The van der Waals surface area contributed by atoms with Crippen molar-refractivity contribution < 1.29 is 8.76 Å². The first-order valence-electron chi connectivity index (χ1n) is 7.35. The van der Waals surface area contributed by atoms with E-state index in [0.717, 1.165) is 11.3 Å². The van der Waals surface area contributed by atoms with Gasteiger partial charge in [-0.2, -0.15) is 0 Å². The average Bonchev–Trinajstić information content (AvgIpc) is 2.52. The van der Waals surface area contributed by atoms with Gasteiger partial charge in [0.15, 0.2) is 0 Å². The van der Waals surface area contributed by atoms with Crippen LogP contribution < -0.4 is 10.6 Å². The Morgan fingerprint density at radius 3 is 2.43 bits per heavy atom. The highest BCUT2D eigenvalue weighted by molar-refractivity contribution is 7.79. The van der Waals surface area contributed by atoms with Crippen LogP contribution in [0.15, 0.2) is 47.4 Å². The zero-order valence-corrected chi connectivity index (χ0v) is 14.9. The lowest BCUT2D eigenvalue weighted by molar-refractivity contribution is 0.513. The summed E-state index contributed by atoms with van der Waals surface area (Å²) in [6.45, 7) is 4.05. The van der Waals surface area contributed by atoms with Crippen molar-refractivity contribution in [1.82, 2.24) is 5.32 Å². The first-order chi connectivity index (χ1) is 10.9. The molecule has 0 fully saturated rings. The molecular weight excluding hydrogens is 332 g/mol. The third kappa shape index (κ3) is 4.32. The lowest BCUT2D eigenvalue weighted by Gasteiger charge is -2.27. The maximum atomic E-state index is 11.6. The van der Waals surface area contributed by atoms with E-state index in [1.165, 1.54) is 6.07 Å². The summed E-state index contributed by atoms with van der Waals surface area (Å²) in [7, 11) is 1.85. The van der Waals surface area contributed by atoms with Gasteiger partial charge in [0.05, 0.1) is 6.04 Å². The van der Waals surface area contributed by atoms with E-state index < -0.39 is 11.1 Å². The Balaban J connectivity index is 2.62. The van der Waals surface area contributed by atoms with Crippen LogP contribution in [0.25, 0.3) is 0 Å². The van der Waals surface area contributed by atoms with Crippen LogP contribution in [0.4, 0.5) is 5.69 Å². The van der Waals surface area contributed by atoms with E-state index in [1.54, 1.807) is 12.1 Å². The number of para-hydroxylation sites is 1. The molecule has 0 aromatic heterocycles. The Bertz CT molecular complexity index is 707. The zero-order valence-electron chi connectivity index (χ0n) is 13.3. The molecule has 0 aliphatic rings. The molecule has 0 saturated heterocycles. The molecule has 2 N–H and O–H groups in total. The summed E-state index contributed by atoms with van der Waals surface area (Å²) in [5.74, 6) is 0. The van der Waals surface area contributed by atoms with Crippen LogP contribution in [-0.4, -0.2) is 21.9 Å². The van der Waals surface area contributed by atoms with Crippen LogP contribution in [-0.2, 0) is 11.1 Å². The first-order valence-corrected chi connectivity index (χ1v) is 8.80. The van der Waals surface area contributed by atoms with Crippen molar-refractivity contribution in [3.05, 3.63) is 58.6 Å². The number of benzene rings is 2. The summed E-state index contributed by atoms with van der Waals surface area (Å²) < 4.78 is 23.3. The fourth-order valence-corrected chi connectivity index (χ4v) is 3.39. The van der Waals surface area contributed by atoms with E-state index in [4.69, 9.17) is 11.6 Å². The number of hydrogen-bond acceptors (Lipinski definition) is 4. The first kappa shape index (κ1) is 17.9. The van der Waals surface area contributed by atoms with Gasteiger partial charge in [0, 0.05) is 28.7 Å². The molecule has 0 amide bonds. The van der Waals surface area contributed by atoms with Gasteiger partial charge in [0.1, 0.15) is 0 Å². The summed E-state index contributed by atoms with van der Waals surface area (Å²) in [4.78, 5) is 0.210. The second-order valence-electron chi connectivity index (χ2n) is 5.51. The summed E-state index contributed by atoms with van der Waals surface area (Å²) >= 11 is 3.61. The SMILES string of the molecule is CNc1ccccc1C(NC(C)C)c1ccc(Cl)cc1S(=O)[O-]. The summed E-state index contributed by atoms with van der Waals surface area (Å²) in [5, 5.41) is 7.01. The number of halogens is 1.